The van der Waals surface area contributed by atoms with E-state index in [2.05, 4.69) is 24.1 Å². The van der Waals surface area contributed by atoms with Crippen LogP contribution < -0.4 is 14.8 Å². The highest BCUT2D eigenvalue weighted by Gasteiger charge is 2.26. The van der Waals surface area contributed by atoms with Gasteiger partial charge in [0.1, 0.15) is 12.2 Å². The monoisotopic (exact) mass is 445 g/mol. The zero-order valence-corrected chi connectivity index (χ0v) is 19.0. The molecule has 1 amide bonds. The van der Waals surface area contributed by atoms with Crippen molar-refractivity contribution in [2.24, 2.45) is 0 Å². The minimum absolute atomic E-state index is 0.0623. The zero-order chi connectivity index (χ0) is 23.5. The minimum atomic E-state index is -0.601. The zero-order valence-electron chi connectivity index (χ0n) is 19.0. The Hall–Kier alpha value is -3.17. The van der Waals surface area contributed by atoms with Crippen molar-refractivity contribution < 1.29 is 23.9 Å². The Kier molecular flexibility index (Phi) is 9.90. The van der Waals surface area contributed by atoms with Crippen molar-refractivity contribution in [2.45, 2.75) is 19.9 Å². The molecule has 9 nitrogen and oxygen atoms in total. The summed E-state index contributed by atoms with van der Waals surface area (Å²) in [5, 5.41) is 14.5. The lowest BCUT2D eigenvalue weighted by atomic mass is 10.0. The van der Waals surface area contributed by atoms with Crippen LogP contribution in [0.3, 0.4) is 0 Å². The number of nitrogens with zero attached hydrogens (tertiary/aromatic N) is 2. The Morgan fingerprint density at radius 2 is 1.78 bits per heavy atom. The largest absolute Gasteiger partial charge is 0.493 e. The Morgan fingerprint density at radius 3 is 2.34 bits per heavy atom. The lowest BCUT2D eigenvalue weighted by molar-refractivity contribution is -0.385. The molecule has 1 N–H and O–H groups in total. The van der Waals surface area contributed by atoms with Gasteiger partial charge in [0.15, 0.2) is 11.5 Å². The number of ether oxygens (including phenoxy) is 3. The molecule has 1 unspecified atom stereocenters. The van der Waals surface area contributed by atoms with E-state index in [-0.39, 0.29) is 35.4 Å². The first kappa shape index (κ1) is 25.1. The quantitative estimate of drug-likeness (QED) is 0.286. The van der Waals surface area contributed by atoms with Crippen molar-refractivity contribution >= 4 is 11.6 Å². The fourth-order valence-electron chi connectivity index (χ4n) is 3.47. The summed E-state index contributed by atoms with van der Waals surface area (Å²) in [6, 6.07) is 12.3. The molecular formula is C23H31N3O6. The summed E-state index contributed by atoms with van der Waals surface area (Å²) < 4.78 is 15.7. The van der Waals surface area contributed by atoms with E-state index in [9.17, 15) is 14.9 Å². The highest BCUT2D eigenvalue weighted by atomic mass is 16.6. The van der Waals surface area contributed by atoms with Gasteiger partial charge in [0.05, 0.1) is 30.7 Å². The van der Waals surface area contributed by atoms with Gasteiger partial charge >= 0.3 is 0 Å². The van der Waals surface area contributed by atoms with Crippen LogP contribution in [-0.2, 0) is 4.74 Å². The molecule has 0 aliphatic rings. The van der Waals surface area contributed by atoms with Gasteiger partial charge in [0, 0.05) is 19.7 Å². The molecule has 2 aromatic carbocycles. The van der Waals surface area contributed by atoms with E-state index in [1.54, 1.807) is 0 Å². The van der Waals surface area contributed by atoms with E-state index in [4.69, 9.17) is 14.2 Å². The average Bonchev–Trinajstić information content (AvgIpc) is 2.81. The van der Waals surface area contributed by atoms with Crippen LogP contribution in [0.2, 0.25) is 0 Å². The SMILES string of the molecule is CCN(CC)C(CNC(=O)c1cc(OC)c(OCCOC)cc1[N+](=O)[O-])c1ccccc1. The Labute approximate surface area is 188 Å². The number of benzene rings is 2. The second kappa shape index (κ2) is 12.6. The van der Waals surface area contributed by atoms with E-state index in [0.717, 1.165) is 18.7 Å². The standard InChI is InChI=1S/C23H31N3O6/c1-5-25(6-2)20(17-10-8-7-9-11-17)16-24-23(27)18-14-21(31-4)22(32-13-12-30-3)15-19(18)26(28)29/h7-11,14-15,20H,5-6,12-13,16H2,1-4H3,(H,24,27). The van der Waals surface area contributed by atoms with Gasteiger partial charge in [0.25, 0.3) is 11.6 Å². The van der Waals surface area contributed by atoms with Crippen LogP contribution >= 0.6 is 0 Å². The van der Waals surface area contributed by atoms with Gasteiger partial charge in [-0.3, -0.25) is 19.8 Å². The van der Waals surface area contributed by atoms with Crippen molar-refractivity contribution in [1.29, 1.82) is 0 Å². The summed E-state index contributed by atoms with van der Waals surface area (Å²) in [6.45, 7) is 6.51. The number of nitrogens with one attached hydrogen (secondary N) is 1. The van der Waals surface area contributed by atoms with Gasteiger partial charge in [-0.25, -0.2) is 0 Å². The van der Waals surface area contributed by atoms with E-state index in [0.29, 0.717) is 13.2 Å². The summed E-state index contributed by atoms with van der Waals surface area (Å²) in [5.74, 6) is -0.134. The Balaban J connectivity index is 2.29. The number of likely N-dealkylation sites (N-methyl/N-ethyl adjacent to an activating group) is 1. The summed E-state index contributed by atoms with van der Waals surface area (Å²) in [5.41, 5.74) is 0.623. The second-order valence-corrected chi connectivity index (χ2v) is 6.98. The van der Waals surface area contributed by atoms with Gasteiger partial charge in [0.2, 0.25) is 0 Å². The van der Waals surface area contributed by atoms with E-state index in [1.807, 2.05) is 30.3 Å². The third kappa shape index (κ3) is 6.41. The summed E-state index contributed by atoms with van der Waals surface area (Å²) in [7, 11) is 2.94. The van der Waals surface area contributed by atoms with Crippen molar-refractivity contribution in [1.82, 2.24) is 10.2 Å². The maximum absolute atomic E-state index is 13.0. The average molecular weight is 446 g/mol. The number of nitro groups is 1. The van der Waals surface area contributed by atoms with Gasteiger partial charge in [-0.1, -0.05) is 44.2 Å². The lowest BCUT2D eigenvalue weighted by Crippen LogP contribution is -2.38. The fraction of sp³-hybridized carbons (Fsp3) is 0.435. The molecule has 9 heteroatoms. The molecule has 0 saturated heterocycles. The molecule has 2 rings (SSSR count). The summed E-state index contributed by atoms with van der Waals surface area (Å²) in [4.78, 5) is 26.3. The van der Waals surface area contributed by atoms with Crippen molar-refractivity contribution in [3.63, 3.8) is 0 Å². The number of amides is 1. The first-order chi connectivity index (χ1) is 15.5. The summed E-state index contributed by atoms with van der Waals surface area (Å²) in [6.07, 6.45) is 0. The van der Waals surface area contributed by atoms with Crippen molar-refractivity contribution in [2.75, 3.05) is 47.1 Å². The molecule has 0 saturated carbocycles. The highest BCUT2D eigenvalue weighted by molar-refractivity contribution is 5.99. The van der Waals surface area contributed by atoms with Gasteiger partial charge in [-0.2, -0.15) is 0 Å². The minimum Gasteiger partial charge on any atom is -0.493 e. The molecule has 174 valence electrons. The molecule has 0 bridgehead atoms. The van der Waals surface area contributed by atoms with Crippen LogP contribution in [0, 0.1) is 10.1 Å². The Morgan fingerprint density at radius 1 is 1.09 bits per heavy atom. The van der Waals surface area contributed by atoms with Gasteiger partial charge < -0.3 is 19.5 Å². The maximum Gasteiger partial charge on any atom is 0.286 e. The molecule has 0 fully saturated rings. The molecule has 0 aromatic heterocycles. The molecular weight excluding hydrogens is 414 g/mol. The van der Waals surface area contributed by atoms with E-state index in [1.165, 1.54) is 26.4 Å². The van der Waals surface area contributed by atoms with Gasteiger partial charge in [-0.05, 0) is 18.7 Å². The number of nitro benzene ring substituents is 1. The molecule has 0 aliphatic carbocycles. The highest BCUT2D eigenvalue weighted by Crippen LogP contribution is 2.35. The molecule has 0 aliphatic heterocycles. The molecule has 0 heterocycles. The van der Waals surface area contributed by atoms with Crippen LogP contribution in [0.25, 0.3) is 0 Å². The predicted octanol–water partition coefficient (Wildman–Crippen LogP) is 3.44. The number of rotatable bonds is 13. The summed E-state index contributed by atoms with van der Waals surface area (Å²) >= 11 is 0. The number of hydrogen-bond acceptors (Lipinski definition) is 7. The van der Waals surface area contributed by atoms with Crippen LogP contribution in [-0.4, -0.2) is 62.8 Å². The maximum atomic E-state index is 13.0. The van der Waals surface area contributed by atoms with Crippen LogP contribution in [0.5, 0.6) is 11.5 Å². The third-order valence-electron chi connectivity index (χ3n) is 5.16. The van der Waals surface area contributed by atoms with Gasteiger partial charge in [-0.15, -0.1) is 0 Å². The lowest BCUT2D eigenvalue weighted by Gasteiger charge is -2.30. The molecule has 0 spiro atoms. The third-order valence-corrected chi connectivity index (χ3v) is 5.16. The molecule has 1 atom stereocenters. The van der Waals surface area contributed by atoms with Crippen LogP contribution in [0.15, 0.2) is 42.5 Å². The van der Waals surface area contributed by atoms with Crippen molar-refractivity contribution in [3.8, 4) is 11.5 Å². The van der Waals surface area contributed by atoms with E-state index < -0.39 is 10.8 Å². The fourth-order valence-corrected chi connectivity index (χ4v) is 3.47. The number of methoxy groups -OCH3 is 2. The predicted molar refractivity (Wildman–Crippen MR) is 121 cm³/mol. The number of hydrogen-bond donors (Lipinski definition) is 1. The van der Waals surface area contributed by atoms with Crippen molar-refractivity contribution in [3.05, 3.63) is 63.7 Å². The normalized spacial score (nSPS) is 11.8. The molecule has 2 aromatic rings. The molecule has 0 radical (unpaired) electrons. The van der Waals surface area contributed by atoms with Crippen LogP contribution in [0.1, 0.15) is 35.8 Å². The number of carbonyl (C=O) groups excluding carboxylic acids is 1. The second-order valence-electron chi connectivity index (χ2n) is 6.98. The molecule has 32 heavy (non-hydrogen) atoms. The number of carbonyl (C=O) groups is 1. The Bertz CT molecular complexity index is 887. The van der Waals surface area contributed by atoms with Crippen LogP contribution in [0.4, 0.5) is 5.69 Å². The first-order valence-electron chi connectivity index (χ1n) is 10.5. The van der Waals surface area contributed by atoms with E-state index >= 15 is 0 Å². The topological polar surface area (TPSA) is 103 Å². The first-order valence-corrected chi connectivity index (χ1v) is 10.5. The smallest absolute Gasteiger partial charge is 0.286 e.